The Kier molecular flexibility index (Phi) is 3.73. The molecule has 0 spiro atoms. The van der Waals surface area contributed by atoms with Crippen LogP contribution in [-0.4, -0.2) is 10.8 Å². The third-order valence-electron chi connectivity index (χ3n) is 2.62. The lowest BCUT2D eigenvalue weighted by Crippen LogP contribution is -2.35. The predicted octanol–water partition coefficient (Wildman–Crippen LogP) is 4.31. The second kappa shape index (κ2) is 4.25. The molecule has 0 aliphatic heterocycles. The zero-order chi connectivity index (χ0) is 10.1. The summed E-state index contributed by atoms with van der Waals surface area (Å²) in [7, 11) is 0. The van der Waals surface area contributed by atoms with Crippen LogP contribution in [0.2, 0.25) is 0 Å². The van der Waals surface area contributed by atoms with Crippen molar-refractivity contribution >= 4 is 34.8 Å². The Balaban J connectivity index is 2.82. The summed E-state index contributed by atoms with van der Waals surface area (Å²) in [4.78, 5) is 0. The molecule has 0 amide bonds. The van der Waals surface area contributed by atoms with Crippen LogP contribution in [-0.2, 0) is 0 Å². The highest BCUT2D eigenvalue weighted by molar-refractivity contribution is 6.26. The summed E-state index contributed by atoms with van der Waals surface area (Å²) < 4.78 is 0. The second-order valence-electron chi connectivity index (χ2n) is 3.80. The van der Waals surface area contributed by atoms with Crippen LogP contribution < -0.4 is 0 Å². The van der Waals surface area contributed by atoms with Crippen molar-refractivity contribution in [2.75, 3.05) is 0 Å². The van der Waals surface area contributed by atoms with E-state index < -0.39 is 0 Å². The first-order chi connectivity index (χ1) is 5.99. The van der Waals surface area contributed by atoms with Crippen molar-refractivity contribution in [3.05, 3.63) is 23.8 Å². The van der Waals surface area contributed by atoms with E-state index in [1.54, 1.807) is 0 Å². The minimum atomic E-state index is -0.0915. The molecule has 0 aromatic rings. The Morgan fingerprint density at radius 1 is 1.54 bits per heavy atom. The number of hydrogen-bond acceptors (Lipinski definition) is 0. The van der Waals surface area contributed by atoms with Gasteiger partial charge in [0.25, 0.3) is 0 Å². The topological polar surface area (TPSA) is 0 Å². The summed E-state index contributed by atoms with van der Waals surface area (Å²) in [6, 6.07) is 0. The number of hydrogen-bond donors (Lipinski definition) is 0. The minimum Gasteiger partial charge on any atom is -0.122 e. The van der Waals surface area contributed by atoms with Crippen molar-refractivity contribution in [1.29, 1.82) is 0 Å². The van der Waals surface area contributed by atoms with Crippen molar-refractivity contribution in [1.82, 2.24) is 0 Å². The standard InChI is InChI=1S/C10H13Cl3/c1-7-6-10(2,3-4-11)9(13)5-8(7)12/h3-4,8-9H,1,5-6H2,2H3/b4-3+/t8-,9-,10+/m1/s1. The van der Waals surface area contributed by atoms with E-state index in [1.165, 1.54) is 5.54 Å². The maximum absolute atomic E-state index is 6.23. The van der Waals surface area contributed by atoms with E-state index in [0.717, 1.165) is 18.4 Å². The van der Waals surface area contributed by atoms with Crippen molar-refractivity contribution < 1.29 is 0 Å². The molecule has 1 fully saturated rings. The maximum Gasteiger partial charge on any atom is 0.0557 e. The molecule has 0 nitrogen and oxygen atoms in total. The lowest BCUT2D eigenvalue weighted by Gasteiger charge is -2.38. The van der Waals surface area contributed by atoms with Gasteiger partial charge in [-0.3, -0.25) is 0 Å². The van der Waals surface area contributed by atoms with Crippen LogP contribution in [0, 0.1) is 5.41 Å². The molecule has 0 aromatic heterocycles. The molecule has 74 valence electrons. The second-order valence-corrected chi connectivity index (χ2v) is 5.11. The van der Waals surface area contributed by atoms with Gasteiger partial charge in [0, 0.05) is 16.3 Å². The molecule has 0 radical (unpaired) electrons. The average Bonchev–Trinajstić information content (AvgIpc) is 2.02. The third-order valence-corrected chi connectivity index (χ3v) is 3.91. The van der Waals surface area contributed by atoms with Crippen LogP contribution in [0.4, 0.5) is 0 Å². The monoisotopic (exact) mass is 238 g/mol. The SMILES string of the molecule is C=C1C[C@](C)(/C=C/Cl)[C@H](Cl)C[C@H]1Cl. The van der Waals surface area contributed by atoms with Gasteiger partial charge in [0.1, 0.15) is 0 Å². The van der Waals surface area contributed by atoms with Crippen molar-refractivity contribution in [3.8, 4) is 0 Å². The van der Waals surface area contributed by atoms with Crippen molar-refractivity contribution in [2.45, 2.75) is 30.5 Å². The Hall–Kier alpha value is 0.350. The fraction of sp³-hybridized carbons (Fsp3) is 0.600. The lowest BCUT2D eigenvalue weighted by molar-refractivity contribution is 0.348. The van der Waals surface area contributed by atoms with Gasteiger partial charge in [-0.25, -0.2) is 0 Å². The molecule has 0 N–H and O–H groups in total. The summed E-state index contributed by atoms with van der Waals surface area (Å²) >= 11 is 17.8. The highest BCUT2D eigenvalue weighted by Crippen LogP contribution is 2.44. The first kappa shape index (κ1) is 11.4. The van der Waals surface area contributed by atoms with Crippen LogP contribution in [0.5, 0.6) is 0 Å². The van der Waals surface area contributed by atoms with Crippen LogP contribution in [0.3, 0.4) is 0 Å². The molecule has 1 aliphatic rings. The molecule has 0 saturated heterocycles. The molecule has 0 bridgehead atoms. The molecule has 1 rings (SSSR count). The van der Waals surface area contributed by atoms with E-state index in [9.17, 15) is 0 Å². The predicted molar refractivity (Wildman–Crippen MR) is 60.8 cm³/mol. The Labute approximate surface area is 94.5 Å². The highest BCUT2D eigenvalue weighted by atomic mass is 35.5. The van der Waals surface area contributed by atoms with Gasteiger partial charge in [0.15, 0.2) is 0 Å². The minimum absolute atomic E-state index is 0.0132. The zero-order valence-corrected chi connectivity index (χ0v) is 9.83. The van der Waals surface area contributed by atoms with Crippen LogP contribution in [0.15, 0.2) is 23.8 Å². The van der Waals surface area contributed by atoms with Crippen molar-refractivity contribution in [3.63, 3.8) is 0 Å². The van der Waals surface area contributed by atoms with E-state index in [4.69, 9.17) is 34.8 Å². The van der Waals surface area contributed by atoms with Gasteiger partial charge in [-0.2, -0.15) is 0 Å². The van der Waals surface area contributed by atoms with E-state index in [2.05, 4.69) is 13.5 Å². The van der Waals surface area contributed by atoms with E-state index in [1.807, 2.05) is 6.08 Å². The highest BCUT2D eigenvalue weighted by Gasteiger charge is 2.38. The largest absolute Gasteiger partial charge is 0.122 e. The van der Waals surface area contributed by atoms with Gasteiger partial charge in [-0.05, 0) is 12.8 Å². The van der Waals surface area contributed by atoms with Gasteiger partial charge >= 0.3 is 0 Å². The van der Waals surface area contributed by atoms with E-state index in [-0.39, 0.29) is 16.2 Å². The number of rotatable bonds is 1. The summed E-state index contributed by atoms with van der Waals surface area (Å²) in [6.45, 7) is 6.02. The first-order valence-corrected chi connectivity index (χ1v) is 5.54. The average molecular weight is 240 g/mol. The summed E-state index contributed by atoms with van der Waals surface area (Å²) in [5.41, 5.74) is 2.49. The fourth-order valence-electron chi connectivity index (χ4n) is 1.64. The molecule has 3 atom stereocenters. The Morgan fingerprint density at radius 2 is 2.15 bits per heavy atom. The first-order valence-electron chi connectivity index (χ1n) is 4.23. The summed E-state index contributed by atoms with van der Waals surface area (Å²) in [5.74, 6) is 0. The smallest absolute Gasteiger partial charge is 0.0557 e. The molecular formula is C10H13Cl3. The molecule has 1 saturated carbocycles. The van der Waals surface area contributed by atoms with Gasteiger partial charge < -0.3 is 0 Å². The van der Waals surface area contributed by atoms with E-state index in [0.29, 0.717) is 0 Å². The van der Waals surface area contributed by atoms with Crippen LogP contribution in [0.1, 0.15) is 19.8 Å². The van der Waals surface area contributed by atoms with Crippen LogP contribution in [0.25, 0.3) is 0 Å². The molecule has 13 heavy (non-hydrogen) atoms. The van der Waals surface area contributed by atoms with E-state index >= 15 is 0 Å². The zero-order valence-electron chi connectivity index (χ0n) is 7.56. The molecule has 0 unspecified atom stereocenters. The molecule has 0 heterocycles. The summed E-state index contributed by atoms with van der Waals surface area (Å²) in [6.07, 6.45) is 3.51. The molecular weight excluding hydrogens is 226 g/mol. The molecule has 3 heteroatoms. The molecule has 1 aliphatic carbocycles. The normalized spacial score (nSPS) is 41.4. The maximum atomic E-state index is 6.23. The van der Waals surface area contributed by atoms with Crippen LogP contribution >= 0.6 is 34.8 Å². The van der Waals surface area contributed by atoms with Gasteiger partial charge in [-0.1, -0.05) is 36.8 Å². The van der Waals surface area contributed by atoms with Crippen molar-refractivity contribution in [2.24, 2.45) is 5.41 Å². The Bertz CT molecular complexity index is 234. The van der Waals surface area contributed by atoms with Gasteiger partial charge in [0.05, 0.1) is 5.38 Å². The van der Waals surface area contributed by atoms with Gasteiger partial charge in [0.2, 0.25) is 0 Å². The number of alkyl halides is 2. The Morgan fingerprint density at radius 3 is 2.69 bits per heavy atom. The summed E-state index contributed by atoms with van der Waals surface area (Å²) in [5, 5.41) is 0.0507. The lowest BCUT2D eigenvalue weighted by atomic mass is 9.73. The third kappa shape index (κ3) is 2.43. The molecule has 0 aromatic carbocycles. The van der Waals surface area contributed by atoms with Gasteiger partial charge in [-0.15, -0.1) is 23.2 Å². The fourth-order valence-corrected chi connectivity index (χ4v) is 2.60. The number of allylic oxidation sites excluding steroid dienone is 2. The quantitative estimate of drug-likeness (QED) is 0.472. The number of halogens is 3.